The van der Waals surface area contributed by atoms with Crippen LogP contribution in [-0.2, 0) is 6.18 Å². The number of rotatable bonds is 4. The van der Waals surface area contributed by atoms with Crippen molar-refractivity contribution in [2.45, 2.75) is 24.9 Å². The molecule has 1 aliphatic rings. The van der Waals surface area contributed by atoms with Gasteiger partial charge in [0.25, 0.3) is 5.91 Å². The van der Waals surface area contributed by atoms with Gasteiger partial charge in [0.2, 0.25) is 0 Å². The van der Waals surface area contributed by atoms with E-state index in [1.54, 1.807) is 15.5 Å². The molecule has 1 fully saturated rings. The zero-order valence-electron chi connectivity index (χ0n) is 19.7. The quantitative estimate of drug-likeness (QED) is 0.299. The zero-order chi connectivity index (χ0) is 27.0. The van der Waals surface area contributed by atoms with Gasteiger partial charge in [0, 0.05) is 48.7 Å². The Bertz CT molecular complexity index is 1580. The molecule has 9 nitrogen and oxygen atoms in total. The first-order valence-electron chi connectivity index (χ1n) is 11.6. The fourth-order valence-electron chi connectivity index (χ4n) is 4.55. The summed E-state index contributed by atoms with van der Waals surface area (Å²) >= 11 is 0. The van der Waals surface area contributed by atoms with Crippen molar-refractivity contribution in [3.05, 3.63) is 71.7 Å². The van der Waals surface area contributed by atoms with Gasteiger partial charge >= 0.3 is 6.18 Å². The van der Waals surface area contributed by atoms with Crippen LogP contribution in [0.5, 0.6) is 0 Å². The predicted molar refractivity (Wildman–Crippen MR) is 129 cm³/mol. The Kier molecular flexibility index (Phi) is 6.31. The van der Waals surface area contributed by atoms with Gasteiger partial charge in [-0.2, -0.15) is 18.4 Å². The molecule has 1 unspecified atom stereocenters. The highest BCUT2D eigenvalue weighted by atomic mass is 19.4. The van der Waals surface area contributed by atoms with Crippen LogP contribution < -0.4 is 11.1 Å². The smallest absolute Gasteiger partial charge is 0.382 e. The number of benzene rings is 1. The molecular formula is C25H20F4N8O. The number of nitrogens with two attached hydrogens (primary N) is 1. The molecular weight excluding hydrogens is 504 g/mol. The summed E-state index contributed by atoms with van der Waals surface area (Å²) in [5.41, 5.74) is 5.71. The van der Waals surface area contributed by atoms with Crippen LogP contribution in [0, 0.1) is 17.3 Å². The third-order valence-corrected chi connectivity index (χ3v) is 6.35. The number of halogens is 4. The van der Waals surface area contributed by atoms with Gasteiger partial charge in [-0.05, 0) is 43.2 Å². The number of anilines is 2. The molecule has 0 spiro atoms. The number of hydrogen-bond acceptors (Lipinski definition) is 7. The summed E-state index contributed by atoms with van der Waals surface area (Å²) in [7, 11) is 0. The summed E-state index contributed by atoms with van der Waals surface area (Å²) in [5.74, 6) is -1.30. The lowest BCUT2D eigenvalue weighted by molar-refractivity contribution is -0.137. The van der Waals surface area contributed by atoms with E-state index in [0.29, 0.717) is 30.5 Å². The summed E-state index contributed by atoms with van der Waals surface area (Å²) in [5, 5.41) is 11.6. The third kappa shape index (κ3) is 4.68. The Hall–Kier alpha value is -4.73. The summed E-state index contributed by atoms with van der Waals surface area (Å²) in [6, 6.07) is 5.12. The lowest BCUT2D eigenvalue weighted by Gasteiger charge is -2.27. The van der Waals surface area contributed by atoms with Gasteiger partial charge in [0.05, 0.1) is 5.56 Å². The Labute approximate surface area is 213 Å². The number of nitrogens with zero attached hydrogens (tertiary/aromatic N) is 6. The molecule has 3 aromatic heterocycles. The first kappa shape index (κ1) is 24.9. The zero-order valence-corrected chi connectivity index (χ0v) is 19.7. The van der Waals surface area contributed by atoms with Crippen molar-refractivity contribution in [3.63, 3.8) is 0 Å². The van der Waals surface area contributed by atoms with E-state index in [4.69, 9.17) is 10.7 Å². The van der Waals surface area contributed by atoms with Gasteiger partial charge in [-0.15, -0.1) is 0 Å². The number of hydrogen-bond donors (Lipinski definition) is 2. The SMILES string of the molecule is N#CN1CCCC(c2nc(-c3ccc(C(=O)Nc4cc(C(F)(F)F)ccn4)cc3F)c3c(N)nccn23)C1. The molecule has 194 valence electrons. The Morgan fingerprint density at radius 3 is 2.74 bits per heavy atom. The minimum atomic E-state index is -4.61. The first-order valence-corrected chi connectivity index (χ1v) is 11.6. The second kappa shape index (κ2) is 9.62. The van der Waals surface area contributed by atoms with E-state index in [-0.39, 0.29) is 34.4 Å². The molecule has 1 saturated heterocycles. The van der Waals surface area contributed by atoms with Crippen molar-refractivity contribution in [2.24, 2.45) is 0 Å². The minimum Gasteiger partial charge on any atom is -0.382 e. The van der Waals surface area contributed by atoms with Crippen LogP contribution in [0.25, 0.3) is 16.8 Å². The largest absolute Gasteiger partial charge is 0.416 e. The van der Waals surface area contributed by atoms with Crippen LogP contribution in [0.3, 0.4) is 0 Å². The van der Waals surface area contributed by atoms with Gasteiger partial charge in [-0.1, -0.05) is 0 Å². The lowest BCUT2D eigenvalue weighted by Crippen LogP contribution is -2.31. The number of aromatic nitrogens is 4. The molecule has 0 saturated carbocycles. The summed E-state index contributed by atoms with van der Waals surface area (Å²) in [6.45, 7) is 1.11. The van der Waals surface area contributed by atoms with Gasteiger partial charge in [-0.25, -0.2) is 19.3 Å². The van der Waals surface area contributed by atoms with Crippen LogP contribution in [0.1, 0.15) is 40.5 Å². The van der Waals surface area contributed by atoms with Crippen molar-refractivity contribution in [2.75, 3.05) is 24.1 Å². The van der Waals surface area contributed by atoms with Gasteiger partial charge in [0.1, 0.15) is 34.5 Å². The monoisotopic (exact) mass is 524 g/mol. The number of imidazole rings is 1. The number of piperidine rings is 1. The Morgan fingerprint density at radius 2 is 2.00 bits per heavy atom. The summed E-state index contributed by atoms with van der Waals surface area (Å²) in [4.78, 5) is 26.8. The molecule has 38 heavy (non-hydrogen) atoms. The molecule has 1 aromatic carbocycles. The van der Waals surface area contributed by atoms with Crippen molar-refractivity contribution in [1.82, 2.24) is 24.3 Å². The van der Waals surface area contributed by atoms with Crippen LogP contribution in [0.2, 0.25) is 0 Å². The molecule has 0 aliphatic carbocycles. The van der Waals surface area contributed by atoms with Crippen molar-refractivity contribution >= 4 is 23.1 Å². The van der Waals surface area contributed by atoms with Gasteiger partial charge in [-0.3, -0.25) is 9.20 Å². The van der Waals surface area contributed by atoms with Crippen LogP contribution in [-0.4, -0.2) is 43.2 Å². The number of likely N-dealkylation sites (tertiary alicyclic amines) is 1. The number of carbonyl (C=O) groups excluding carboxylic acids is 1. The van der Waals surface area contributed by atoms with E-state index in [1.807, 2.05) is 0 Å². The number of nitrogens with one attached hydrogen (secondary N) is 1. The third-order valence-electron chi connectivity index (χ3n) is 6.35. The topological polar surface area (TPSA) is 125 Å². The highest BCUT2D eigenvalue weighted by molar-refractivity contribution is 6.04. The second-order valence-electron chi connectivity index (χ2n) is 8.81. The molecule has 0 radical (unpaired) electrons. The van der Waals surface area contributed by atoms with Crippen molar-refractivity contribution in [1.29, 1.82) is 5.26 Å². The van der Waals surface area contributed by atoms with E-state index in [1.165, 1.54) is 18.3 Å². The molecule has 4 aromatic rings. The lowest BCUT2D eigenvalue weighted by atomic mass is 9.97. The number of nitriles is 1. The average Bonchev–Trinajstić information content (AvgIpc) is 3.29. The molecule has 13 heteroatoms. The number of nitrogen functional groups attached to an aromatic ring is 1. The second-order valence-corrected chi connectivity index (χ2v) is 8.81. The fourth-order valence-corrected chi connectivity index (χ4v) is 4.55. The maximum absolute atomic E-state index is 15.4. The maximum atomic E-state index is 15.4. The van der Waals surface area contributed by atoms with Crippen LogP contribution in [0.15, 0.2) is 48.9 Å². The van der Waals surface area contributed by atoms with Crippen LogP contribution >= 0.6 is 0 Å². The van der Waals surface area contributed by atoms with Gasteiger partial charge in [0.15, 0.2) is 6.19 Å². The average molecular weight is 524 g/mol. The fraction of sp³-hybridized carbons (Fsp3) is 0.240. The van der Waals surface area contributed by atoms with Crippen molar-refractivity contribution < 1.29 is 22.4 Å². The molecule has 1 atom stereocenters. The number of carbonyl (C=O) groups is 1. The number of alkyl halides is 3. The summed E-state index contributed by atoms with van der Waals surface area (Å²) < 4.78 is 56.0. The number of amides is 1. The number of fused-ring (bicyclic) bond motifs is 1. The summed E-state index contributed by atoms with van der Waals surface area (Å²) in [6.07, 6.45) is 3.22. The maximum Gasteiger partial charge on any atom is 0.416 e. The van der Waals surface area contributed by atoms with E-state index in [9.17, 15) is 23.2 Å². The van der Waals surface area contributed by atoms with E-state index in [0.717, 1.165) is 31.2 Å². The molecule has 1 amide bonds. The molecule has 5 rings (SSSR count). The molecule has 4 heterocycles. The standard InChI is InChI=1S/C25H20F4N8O/c26-18-10-14(24(38)34-19-11-16(5-6-32-19)25(27,28)29)3-4-17(18)20-21-22(31)33-7-9-37(21)23(35-20)15-2-1-8-36(12-15)13-30/h3-7,9-11,15H,1-2,8,12H2,(H2,31,33)(H,32,34,38). The van der Waals surface area contributed by atoms with Crippen molar-refractivity contribution in [3.8, 4) is 17.5 Å². The predicted octanol–water partition coefficient (Wildman–Crippen LogP) is 4.44. The Balaban J connectivity index is 1.48. The Morgan fingerprint density at radius 1 is 1.18 bits per heavy atom. The number of pyridine rings is 1. The highest BCUT2D eigenvalue weighted by Gasteiger charge is 2.31. The highest BCUT2D eigenvalue weighted by Crippen LogP contribution is 2.35. The van der Waals surface area contributed by atoms with E-state index < -0.39 is 23.5 Å². The van der Waals surface area contributed by atoms with Gasteiger partial charge < -0.3 is 16.0 Å². The minimum absolute atomic E-state index is 0.0649. The van der Waals surface area contributed by atoms with E-state index >= 15 is 4.39 Å². The molecule has 1 aliphatic heterocycles. The first-order chi connectivity index (χ1) is 18.2. The van der Waals surface area contributed by atoms with E-state index in [2.05, 4.69) is 21.5 Å². The normalized spacial score (nSPS) is 15.9. The molecule has 3 N–H and O–H groups in total. The molecule has 0 bridgehead atoms. The van der Waals surface area contributed by atoms with Crippen LogP contribution in [0.4, 0.5) is 29.2 Å².